The summed E-state index contributed by atoms with van der Waals surface area (Å²) in [5.41, 5.74) is -0.330. The molecule has 2 aromatic rings. The molecule has 6 heteroatoms. The summed E-state index contributed by atoms with van der Waals surface area (Å²) < 4.78 is 6.76. The lowest BCUT2D eigenvalue weighted by atomic mass is 10.1. The van der Waals surface area contributed by atoms with Gasteiger partial charge in [-0.15, -0.1) is 0 Å². The normalized spacial score (nSPS) is 10.7. The van der Waals surface area contributed by atoms with Gasteiger partial charge in [-0.2, -0.15) is 0 Å². The molecule has 0 radical (unpaired) electrons. The Labute approximate surface area is 117 Å². The molecule has 19 heavy (non-hydrogen) atoms. The third-order valence-electron chi connectivity index (χ3n) is 2.91. The third kappa shape index (κ3) is 2.12. The summed E-state index contributed by atoms with van der Waals surface area (Å²) in [6.45, 7) is 2.18. The lowest BCUT2D eigenvalue weighted by Gasteiger charge is -2.12. The number of esters is 1. The fraction of sp³-hybridized carbons (Fsp3) is 0.231. The summed E-state index contributed by atoms with van der Waals surface area (Å²) >= 11 is 3.32. The Morgan fingerprint density at radius 3 is 2.74 bits per heavy atom. The van der Waals surface area contributed by atoms with E-state index in [0.29, 0.717) is 17.4 Å². The van der Waals surface area contributed by atoms with E-state index in [1.807, 2.05) is 0 Å². The highest BCUT2D eigenvalue weighted by molar-refractivity contribution is 9.10. The zero-order valence-electron chi connectivity index (χ0n) is 10.4. The van der Waals surface area contributed by atoms with Crippen molar-refractivity contribution in [2.75, 3.05) is 7.11 Å². The van der Waals surface area contributed by atoms with Crippen LogP contribution in [0.5, 0.6) is 5.75 Å². The number of aryl methyl sites for hydroxylation is 1. The van der Waals surface area contributed by atoms with Crippen LogP contribution >= 0.6 is 15.9 Å². The second-order valence-corrected chi connectivity index (χ2v) is 4.84. The highest BCUT2D eigenvalue weighted by Gasteiger charge is 2.22. The van der Waals surface area contributed by atoms with Crippen molar-refractivity contribution >= 4 is 32.8 Å². The summed E-state index contributed by atoms with van der Waals surface area (Å²) in [4.78, 5) is 23.9. The van der Waals surface area contributed by atoms with Crippen LogP contribution in [0, 0.1) is 0 Å². The number of fused-ring (bicyclic) bond motifs is 1. The number of hydrogen-bond acceptors (Lipinski definition) is 4. The summed E-state index contributed by atoms with van der Waals surface area (Å²) in [6, 6.07) is 5.10. The molecule has 0 spiro atoms. The van der Waals surface area contributed by atoms with Crippen LogP contribution in [-0.4, -0.2) is 22.8 Å². The van der Waals surface area contributed by atoms with Gasteiger partial charge in [-0.3, -0.25) is 4.79 Å². The Hall–Kier alpha value is -1.82. The third-order valence-corrected chi connectivity index (χ3v) is 3.40. The minimum Gasteiger partial charge on any atom is -0.506 e. The van der Waals surface area contributed by atoms with Gasteiger partial charge in [0, 0.05) is 16.4 Å². The monoisotopic (exact) mass is 325 g/mol. The summed E-state index contributed by atoms with van der Waals surface area (Å²) in [6.07, 6.45) is 0. The predicted octanol–water partition coefficient (Wildman–Crippen LogP) is 2.28. The largest absolute Gasteiger partial charge is 0.506 e. The first-order chi connectivity index (χ1) is 9.01. The quantitative estimate of drug-likeness (QED) is 0.860. The molecule has 0 atom stereocenters. The van der Waals surface area contributed by atoms with Gasteiger partial charge in [0.1, 0.15) is 5.75 Å². The van der Waals surface area contributed by atoms with Gasteiger partial charge >= 0.3 is 5.97 Å². The van der Waals surface area contributed by atoms with Crippen LogP contribution in [0.25, 0.3) is 10.9 Å². The van der Waals surface area contributed by atoms with Crippen molar-refractivity contribution in [3.8, 4) is 5.75 Å². The number of carbonyl (C=O) groups is 1. The van der Waals surface area contributed by atoms with Crippen molar-refractivity contribution in [1.29, 1.82) is 0 Å². The minimum absolute atomic E-state index is 0.334. The SMILES string of the molecule is CCn1c(=O)c(C(=O)OC)c(O)c2ccc(Br)cc21. The van der Waals surface area contributed by atoms with Gasteiger partial charge in [0.15, 0.2) is 5.56 Å². The number of pyridine rings is 1. The van der Waals surface area contributed by atoms with E-state index in [0.717, 1.165) is 4.47 Å². The Balaban J connectivity index is 2.98. The lowest BCUT2D eigenvalue weighted by Crippen LogP contribution is -2.27. The molecule has 100 valence electrons. The fourth-order valence-corrected chi connectivity index (χ4v) is 2.36. The van der Waals surface area contributed by atoms with Crippen molar-refractivity contribution in [3.05, 3.63) is 38.6 Å². The molecule has 1 N–H and O–H groups in total. The Morgan fingerprint density at radius 2 is 2.16 bits per heavy atom. The average Bonchev–Trinajstić information content (AvgIpc) is 2.38. The standard InChI is InChI=1S/C13H12BrNO4/c1-3-15-9-6-7(14)4-5-8(9)11(16)10(12(15)17)13(18)19-2/h4-6,16H,3H2,1-2H3. The van der Waals surface area contributed by atoms with Crippen LogP contribution in [-0.2, 0) is 11.3 Å². The molecule has 0 aliphatic rings. The molecule has 0 saturated heterocycles. The van der Waals surface area contributed by atoms with Crippen molar-refractivity contribution in [2.24, 2.45) is 0 Å². The van der Waals surface area contributed by atoms with E-state index in [1.165, 1.54) is 11.7 Å². The Morgan fingerprint density at radius 1 is 1.47 bits per heavy atom. The van der Waals surface area contributed by atoms with Gasteiger partial charge in [0.05, 0.1) is 12.6 Å². The molecule has 0 aliphatic heterocycles. The number of rotatable bonds is 2. The number of nitrogens with zero attached hydrogens (tertiary/aromatic N) is 1. The highest BCUT2D eigenvalue weighted by Crippen LogP contribution is 2.28. The molecule has 0 amide bonds. The maximum Gasteiger partial charge on any atom is 0.347 e. The fourth-order valence-electron chi connectivity index (χ4n) is 2.01. The number of hydrogen-bond donors (Lipinski definition) is 1. The zero-order chi connectivity index (χ0) is 14.2. The van der Waals surface area contributed by atoms with E-state index >= 15 is 0 Å². The van der Waals surface area contributed by atoms with E-state index in [1.54, 1.807) is 25.1 Å². The number of carbonyl (C=O) groups excluding carboxylic acids is 1. The zero-order valence-corrected chi connectivity index (χ0v) is 12.0. The maximum atomic E-state index is 12.2. The molecule has 0 saturated carbocycles. The van der Waals surface area contributed by atoms with Crippen molar-refractivity contribution in [2.45, 2.75) is 13.5 Å². The van der Waals surface area contributed by atoms with E-state index in [2.05, 4.69) is 20.7 Å². The smallest absolute Gasteiger partial charge is 0.347 e. The van der Waals surface area contributed by atoms with Crippen LogP contribution < -0.4 is 5.56 Å². The van der Waals surface area contributed by atoms with Crippen molar-refractivity contribution < 1.29 is 14.6 Å². The van der Waals surface area contributed by atoms with E-state index in [4.69, 9.17) is 0 Å². The van der Waals surface area contributed by atoms with Crippen LogP contribution in [0.4, 0.5) is 0 Å². The number of methoxy groups -OCH3 is 1. The van der Waals surface area contributed by atoms with Gasteiger partial charge in [-0.05, 0) is 25.1 Å². The molecule has 1 aromatic carbocycles. The van der Waals surface area contributed by atoms with Crippen molar-refractivity contribution in [3.63, 3.8) is 0 Å². The predicted molar refractivity (Wildman–Crippen MR) is 74.6 cm³/mol. The van der Waals surface area contributed by atoms with Gasteiger partial charge in [-0.1, -0.05) is 15.9 Å². The van der Waals surface area contributed by atoms with Crippen molar-refractivity contribution in [1.82, 2.24) is 4.57 Å². The maximum absolute atomic E-state index is 12.2. The Kier molecular flexibility index (Phi) is 3.61. The van der Waals surface area contributed by atoms with Crippen LogP contribution in [0.1, 0.15) is 17.3 Å². The molecule has 0 unspecified atom stereocenters. The van der Waals surface area contributed by atoms with E-state index in [-0.39, 0.29) is 11.3 Å². The second kappa shape index (κ2) is 5.05. The molecule has 0 fully saturated rings. The molecule has 0 aliphatic carbocycles. The first-order valence-corrected chi connectivity index (χ1v) is 6.43. The second-order valence-electron chi connectivity index (χ2n) is 3.93. The van der Waals surface area contributed by atoms with Gasteiger partial charge in [0.25, 0.3) is 5.56 Å². The van der Waals surface area contributed by atoms with Crippen LogP contribution in [0.2, 0.25) is 0 Å². The molecule has 1 heterocycles. The summed E-state index contributed by atoms with van der Waals surface area (Å²) in [5.74, 6) is -1.18. The molecule has 0 bridgehead atoms. The summed E-state index contributed by atoms with van der Waals surface area (Å²) in [7, 11) is 1.17. The van der Waals surface area contributed by atoms with E-state index < -0.39 is 11.5 Å². The molecule has 1 aromatic heterocycles. The number of halogens is 1. The summed E-state index contributed by atoms with van der Waals surface area (Å²) in [5, 5.41) is 10.5. The number of ether oxygens (including phenoxy) is 1. The van der Waals surface area contributed by atoms with Gasteiger partial charge in [-0.25, -0.2) is 4.79 Å². The lowest BCUT2D eigenvalue weighted by molar-refractivity contribution is 0.0595. The molecular formula is C13H12BrNO4. The first kappa shape index (κ1) is 13.6. The first-order valence-electron chi connectivity index (χ1n) is 5.64. The van der Waals surface area contributed by atoms with Crippen LogP contribution in [0.15, 0.2) is 27.5 Å². The van der Waals surface area contributed by atoms with Gasteiger partial charge < -0.3 is 14.4 Å². The minimum atomic E-state index is -0.838. The van der Waals surface area contributed by atoms with E-state index in [9.17, 15) is 14.7 Å². The average molecular weight is 326 g/mol. The highest BCUT2D eigenvalue weighted by atomic mass is 79.9. The molecule has 5 nitrogen and oxygen atoms in total. The van der Waals surface area contributed by atoms with Gasteiger partial charge in [0.2, 0.25) is 0 Å². The number of aromatic nitrogens is 1. The Bertz CT molecular complexity index is 721. The topological polar surface area (TPSA) is 68.5 Å². The molecule has 2 rings (SSSR count). The molecular weight excluding hydrogens is 314 g/mol. The number of benzene rings is 1. The van der Waals surface area contributed by atoms with Crippen LogP contribution in [0.3, 0.4) is 0 Å². The number of aromatic hydroxyl groups is 1.